The molecule has 0 spiro atoms. The summed E-state index contributed by atoms with van der Waals surface area (Å²) < 4.78 is 37.5. The molecule has 0 aromatic carbocycles. The van der Waals surface area contributed by atoms with E-state index in [1.807, 2.05) is 0 Å². The molecule has 14 heavy (non-hydrogen) atoms. The van der Waals surface area contributed by atoms with Crippen molar-refractivity contribution in [1.82, 2.24) is 9.78 Å². The number of hydrogen-bond donors (Lipinski definition) is 1. The van der Waals surface area contributed by atoms with Crippen molar-refractivity contribution in [2.24, 2.45) is 0 Å². The third-order valence-corrected chi connectivity index (χ3v) is 1.51. The van der Waals surface area contributed by atoms with E-state index in [9.17, 15) is 13.2 Å². The Balaban J connectivity index is 3.10. The van der Waals surface area contributed by atoms with Crippen LogP contribution in [-0.4, -0.2) is 14.9 Å². The topological polar surface area (TPSA) is 61.8 Å². The SMILES string of the molecule is N#CCn1cc(CO)c(C(F)(F)F)n1. The first kappa shape index (κ1) is 10.5. The molecule has 0 bridgehead atoms. The molecule has 0 atom stereocenters. The molecular weight excluding hydrogens is 199 g/mol. The largest absolute Gasteiger partial charge is 0.435 e. The maximum absolute atomic E-state index is 12.2. The lowest BCUT2D eigenvalue weighted by atomic mass is 10.2. The highest BCUT2D eigenvalue weighted by molar-refractivity contribution is 5.19. The maximum atomic E-state index is 12.2. The summed E-state index contributed by atoms with van der Waals surface area (Å²) in [6.07, 6.45) is -3.59. The second-order valence-corrected chi connectivity index (χ2v) is 2.51. The Morgan fingerprint density at radius 3 is 2.57 bits per heavy atom. The van der Waals surface area contributed by atoms with Crippen molar-refractivity contribution in [2.75, 3.05) is 0 Å². The van der Waals surface area contributed by atoms with Gasteiger partial charge in [0, 0.05) is 11.8 Å². The lowest BCUT2D eigenvalue weighted by molar-refractivity contribution is -0.142. The number of halogens is 3. The van der Waals surface area contributed by atoms with Gasteiger partial charge in [-0.3, -0.25) is 4.68 Å². The standard InChI is InChI=1S/C7H6F3N3O/c8-7(9,10)6-5(4-14)3-13(12-6)2-1-11/h3,14H,2,4H2. The molecule has 0 amide bonds. The van der Waals surface area contributed by atoms with Gasteiger partial charge in [0.15, 0.2) is 5.69 Å². The van der Waals surface area contributed by atoms with E-state index in [4.69, 9.17) is 10.4 Å². The fourth-order valence-electron chi connectivity index (χ4n) is 0.970. The molecule has 7 heteroatoms. The summed E-state index contributed by atoms with van der Waals surface area (Å²) in [7, 11) is 0. The number of aliphatic hydroxyl groups excluding tert-OH is 1. The summed E-state index contributed by atoms with van der Waals surface area (Å²) in [6, 6.07) is 1.65. The molecule has 0 saturated heterocycles. The van der Waals surface area contributed by atoms with Crippen molar-refractivity contribution >= 4 is 0 Å². The van der Waals surface area contributed by atoms with Crippen LogP contribution in [0, 0.1) is 11.3 Å². The zero-order valence-electron chi connectivity index (χ0n) is 6.91. The molecule has 1 rings (SSSR count). The lowest BCUT2D eigenvalue weighted by Gasteiger charge is -2.02. The van der Waals surface area contributed by atoms with Crippen LogP contribution in [0.2, 0.25) is 0 Å². The second kappa shape index (κ2) is 3.67. The van der Waals surface area contributed by atoms with Gasteiger partial charge in [-0.25, -0.2) is 0 Å². The molecule has 4 nitrogen and oxygen atoms in total. The third-order valence-electron chi connectivity index (χ3n) is 1.51. The monoisotopic (exact) mass is 205 g/mol. The number of alkyl halides is 3. The number of nitriles is 1. The summed E-state index contributed by atoms with van der Waals surface area (Å²) in [5, 5.41) is 20.0. The van der Waals surface area contributed by atoms with Crippen molar-refractivity contribution in [3.05, 3.63) is 17.5 Å². The number of hydrogen-bond acceptors (Lipinski definition) is 3. The van der Waals surface area contributed by atoms with Gasteiger partial charge in [-0.05, 0) is 0 Å². The molecular formula is C7H6F3N3O. The van der Waals surface area contributed by atoms with Gasteiger partial charge in [0.1, 0.15) is 6.54 Å². The predicted octanol–water partition coefficient (Wildman–Crippen LogP) is 0.918. The van der Waals surface area contributed by atoms with Crippen LogP contribution in [0.1, 0.15) is 11.3 Å². The zero-order valence-corrected chi connectivity index (χ0v) is 6.91. The maximum Gasteiger partial charge on any atom is 0.435 e. The summed E-state index contributed by atoms with van der Waals surface area (Å²) >= 11 is 0. The van der Waals surface area contributed by atoms with Gasteiger partial charge in [-0.1, -0.05) is 0 Å². The van der Waals surface area contributed by atoms with Gasteiger partial charge in [0.25, 0.3) is 0 Å². The number of rotatable bonds is 2. The Morgan fingerprint density at radius 1 is 1.57 bits per heavy atom. The molecule has 1 heterocycles. The molecule has 0 radical (unpaired) electrons. The molecule has 0 aliphatic heterocycles. The fourth-order valence-corrected chi connectivity index (χ4v) is 0.970. The highest BCUT2D eigenvalue weighted by Crippen LogP contribution is 2.30. The van der Waals surface area contributed by atoms with Gasteiger partial charge < -0.3 is 5.11 Å². The Kier molecular flexibility index (Phi) is 2.76. The Hall–Kier alpha value is -1.55. The number of aromatic nitrogens is 2. The smallest absolute Gasteiger partial charge is 0.392 e. The molecule has 0 unspecified atom stereocenters. The van der Waals surface area contributed by atoms with E-state index in [0.717, 1.165) is 10.9 Å². The number of nitrogens with zero attached hydrogens (tertiary/aromatic N) is 3. The second-order valence-electron chi connectivity index (χ2n) is 2.51. The molecule has 0 aliphatic rings. The minimum atomic E-state index is -4.60. The molecule has 1 aromatic heterocycles. The molecule has 0 fully saturated rings. The first-order chi connectivity index (χ1) is 6.49. The quantitative estimate of drug-likeness (QED) is 0.780. The highest BCUT2D eigenvalue weighted by atomic mass is 19.4. The fraction of sp³-hybridized carbons (Fsp3) is 0.429. The van der Waals surface area contributed by atoms with Crippen molar-refractivity contribution in [2.45, 2.75) is 19.3 Å². The summed E-state index contributed by atoms with van der Waals surface area (Å²) in [5.74, 6) is 0. The van der Waals surface area contributed by atoms with Crippen LogP contribution in [0.15, 0.2) is 6.20 Å². The van der Waals surface area contributed by atoms with Gasteiger partial charge >= 0.3 is 6.18 Å². The molecule has 76 valence electrons. The molecule has 0 saturated carbocycles. The van der Waals surface area contributed by atoms with Crippen LogP contribution in [-0.2, 0) is 19.3 Å². The van der Waals surface area contributed by atoms with E-state index in [1.165, 1.54) is 0 Å². The van der Waals surface area contributed by atoms with Gasteiger partial charge in [-0.2, -0.15) is 23.5 Å². The number of aliphatic hydroxyl groups is 1. The van der Waals surface area contributed by atoms with Gasteiger partial charge in [0.2, 0.25) is 0 Å². The van der Waals surface area contributed by atoms with Crippen molar-refractivity contribution in [3.8, 4) is 6.07 Å². The van der Waals surface area contributed by atoms with E-state index in [0.29, 0.717) is 0 Å². The minimum Gasteiger partial charge on any atom is -0.392 e. The van der Waals surface area contributed by atoms with Crippen molar-refractivity contribution in [3.63, 3.8) is 0 Å². The van der Waals surface area contributed by atoms with E-state index in [-0.39, 0.29) is 12.1 Å². The van der Waals surface area contributed by atoms with E-state index in [1.54, 1.807) is 6.07 Å². The Bertz CT molecular complexity index is 363. The first-order valence-electron chi connectivity index (χ1n) is 3.60. The predicted molar refractivity (Wildman–Crippen MR) is 38.8 cm³/mol. The van der Waals surface area contributed by atoms with Crippen LogP contribution in [0.5, 0.6) is 0 Å². The average Bonchev–Trinajstić information content (AvgIpc) is 2.47. The van der Waals surface area contributed by atoms with E-state index in [2.05, 4.69) is 5.10 Å². The van der Waals surface area contributed by atoms with Crippen LogP contribution in [0.4, 0.5) is 13.2 Å². The minimum absolute atomic E-state index is 0.275. The Morgan fingerprint density at radius 2 is 2.21 bits per heavy atom. The summed E-state index contributed by atoms with van der Waals surface area (Å²) in [5.41, 5.74) is -1.47. The highest BCUT2D eigenvalue weighted by Gasteiger charge is 2.36. The van der Waals surface area contributed by atoms with Crippen LogP contribution >= 0.6 is 0 Å². The summed E-state index contributed by atoms with van der Waals surface area (Å²) in [6.45, 7) is -1.02. The van der Waals surface area contributed by atoms with Crippen LogP contribution < -0.4 is 0 Å². The van der Waals surface area contributed by atoms with E-state index >= 15 is 0 Å². The van der Waals surface area contributed by atoms with Gasteiger partial charge in [0.05, 0.1) is 12.7 Å². The molecule has 1 N–H and O–H groups in total. The van der Waals surface area contributed by atoms with Crippen LogP contribution in [0.25, 0.3) is 0 Å². The van der Waals surface area contributed by atoms with Gasteiger partial charge in [-0.15, -0.1) is 0 Å². The normalized spacial score (nSPS) is 11.4. The molecule has 0 aliphatic carbocycles. The Labute approximate surface area is 77.2 Å². The van der Waals surface area contributed by atoms with Crippen LogP contribution in [0.3, 0.4) is 0 Å². The third kappa shape index (κ3) is 2.03. The first-order valence-corrected chi connectivity index (χ1v) is 3.60. The average molecular weight is 205 g/mol. The zero-order chi connectivity index (χ0) is 10.8. The van der Waals surface area contributed by atoms with E-state index < -0.39 is 18.5 Å². The lowest BCUT2D eigenvalue weighted by Crippen LogP contribution is -2.09. The summed E-state index contributed by atoms with van der Waals surface area (Å²) in [4.78, 5) is 0. The van der Waals surface area contributed by atoms with Crippen molar-refractivity contribution < 1.29 is 18.3 Å². The van der Waals surface area contributed by atoms with Crippen molar-refractivity contribution in [1.29, 1.82) is 5.26 Å². The molecule has 1 aromatic rings.